The topological polar surface area (TPSA) is 0 Å². The van der Waals surface area contributed by atoms with E-state index in [-0.39, 0.29) is 8.80 Å². The van der Waals surface area contributed by atoms with Gasteiger partial charge < -0.3 is 0 Å². The average molecular weight is 142 g/mol. The third-order valence-electron chi connectivity index (χ3n) is 2.59. The number of rotatable bonds is 1. The molecule has 0 N–H and O–H groups in total. The fraction of sp³-hybridized carbons (Fsp3) is 1.00. The van der Waals surface area contributed by atoms with Crippen molar-refractivity contribution >= 4 is 8.80 Å². The fourth-order valence-corrected chi connectivity index (χ4v) is 3.61. The van der Waals surface area contributed by atoms with E-state index in [0.717, 1.165) is 0 Å². The molecule has 0 amide bonds. The Kier molecular flexibility index (Phi) is 2.77. The summed E-state index contributed by atoms with van der Waals surface area (Å²) >= 11 is 0. The van der Waals surface area contributed by atoms with Crippen LogP contribution in [0.2, 0.25) is 18.6 Å². The highest BCUT2D eigenvalue weighted by Crippen LogP contribution is 2.30. The number of hydrogen-bond acceptors (Lipinski definition) is 0. The molecule has 1 fully saturated rings. The van der Waals surface area contributed by atoms with Crippen molar-refractivity contribution in [2.24, 2.45) is 0 Å². The Morgan fingerprint density at radius 1 is 1.00 bits per heavy atom. The van der Waals surface area contributed by atoms with Crippen molar-refractivity contribution in [3.8, 4) is 0 Å². The van der Waals surface area contributed by atoms with Crippen molar-refractivity contribution in [2.75, 3.05) is 0 Å². The molecule has 1 saturated carbocycles. The maximum Gasteiger partial charge on any atom is 0.0337 e. The van der Waals surface area contributed by atoms with E-state index in [2.05, 4.69) is 13.1 Å². The summed E-state index contributed by atoms with van der Waals surface area (Å²) in [6, 6.07) is 0. The molecule has 1 heteroatoms. The van der Waals surface area contributed by atoms with Crippen molar-refractivity contribution in [2.45, 2.75) is 50.7 Å². The Labute approximate surface area is 60.3 Å². The molecule has 0 spiro atoms. The normalized spacial score (nSPS) is 23.0. The number of hydrogen-bond donors (Lipinski definition) is 0. The van der Waals surface area contributed by atoms with Gasteiger partial charge in [0, 0.05) is 8.80 Å². The lowest BCUT2D eigenvalue weighted by Crippen LogP contribution is -2.14. The van der Waals surface area contributed by atoms with Gasteiger partial charge in [-0.3, -0.25) is 0 Å². The van der Waals surface area contributed by atoms with Gasteiger partial charge in [-0.05, 0) is 5.54 Å². The largest absolute Gasteiger partial charge is 0.0720 e. The van der Waals surface area contributed by atoms with Crippen molar-refractivity contribution in [3.05, 3.63) is 0 Å². The molecule has 0 unspecified atom stereocenters. The van der Waals surface area contributed by atoms with Crippen LogP contribution in [0.5, 0.6) is 0 Å². The Morgan fingerprint density at radius 2 is 1.56 bits per heavy atom. The summed E-state index contributed by atoms with van der Waals surface area (Å²) in [7, 11) is -0.252. The summed E-state index contributed by atoms with van der Waals surface area (Å²) in [6.45, 7) is 4.99. The molecule has 54 valence electrons. The van der Waals surface area contributed by atoms with Crippen LogP contribution in [0.25, 0.3) is 0 Å². The third-order valence-corrected chi connectivity index (χ3v) is 5.14. The van der Waals surface area contributed by atoms with Gasteiger partial charge in [-0.2, -0.15) is 0 Å². The zero-order valence-electron chi connectivity index (χ0n) is 6.69. The van der Waals surface area contributed by atoms with E-state index in [4.69, 9.17) is 0 Å². The van der Waals surface area contributed by atoms with Crippen molar-refractivity contribution in [1.82, 2.24) is 0 Å². The van der Waals surface area contributed by atoms with Crippen LogP contribution in [0.1, 0.15) is 32.1 Å². The molecule has 0 radical (unpaired) electrons. The van der Waals surface area contributed by atoms with Gasteiger partial charge >= 0.3 is 0 Å². The smallest absolute Gasteiger partial charge is 0.0337 e. The van der Waals surface area contributed by atoms with Crippen molar-refractivity contribution in [1.29, 1.82) is 0 Å². The van der Waals surface area contributed by atoms with Gasteiger partial charge in [0.15, 0.2) is 0 Å². The Morgan fingerprint density at radius 3 is 1.89 bits per heavy atom. The first-order chi connectivity index (χ1) is 4.30. The first-order valence-corrected chi connectivity index (χ1v) is 7.28. The van der Waals surface area contributed by atoms with E-state index in [9.17, 15) is 0 Å². The highest BCUT2D eigenvalue weighted by Gasteiger charge is 2.16. The second kappa shape index (κ2) is 3.40. The van der Waals surface area contributed by atoms with Gasteiger partial charge in [-0.15, -0.1) is 0 Å². The minimum Gasteiger partial charge on any atom is -0.0720 e. The molecular weight excluding hydrogens is 124 g/mol. The van der Waals surface area contributed by atoms with E-state index in [1.165, 1.54) is 24.8 Å². The lowest BCUT2D eigenvalue weighted by atomic mass is 10.0. The van der Waals surface area contributed by atoms with Gasteiger partial charge in [-0.1, -0.05) is 45.2 Å². The Balaban J connectivity index is 2.23. The molecule has 0 aromatic rings. The monoisotopic (exact) mass is 142 g/mol. The molecule has 1 rings (SSSR count). The first kappa shape index (κ1) is 7.33. The molecule has 0 aliphatic heterocycles. The minimum absolute atomic E-state index is 0.252. The van der Waals surface area contributed by atoms with E-state index in [1.807, 2.05) is 0 Å². The SMILES string of the molecule is C[SiH](C)C1CCCCC1. The van der Waals surface area contributed by atoms with Crippen LogP contribution in [-0.2, 0) is 0 Å². The molecular formula is C8H18Si. The van der Waals surface area contributed by atoms with Gasteiger partial charge in [0.05, 0.1) is 0 Å². The molecule has 0 heterocycles. The molecule has 0 nitrogen and oxygen atoms in total. The summed E-state index contributed by atoms with van der Waals surface area (Å²) in [6.07, 6.45) is 7.68. The van der Waals surface area contributed by atoms with Gasteiger partial charge in [0.1, 0.15) is 0 Å². The highest BCUT2D eigenvalue weighted by molar-refractivity contribution is 6.57. The van der Waals surface area contributed by atoms with Gasteiger partial charge in [0.2, 0.25) is 0 Å². The van der Waals surface area contributed by atoms with E-state index in [1.54, 1.807) is 12.8 Å². The lowest BCUT2D eigenvalue weighted by molar-refractivity contribution is 0.497. The van der Waals surface area contributed by atoms with Crippen molar-refractivity contribution in [3.63, 3.8) is 0 Å². The second-order valence-electron chi connectivity index (χ2n) is 3.64. The fourth-order valence-electron chi connectivity index (χ4n) is 1.80. The van der Waals surface area contributed by atoms with Gasteiger partial charge in [-0.25, -0.2) is 0 Å². The van der Waals surface area contributed by atoms with E-state index in [0.29, 0.717) is 0 Å². The molecule has 0 bridgehead atoms. The predicted molar refractivity (Wildman–Crippen MR) is 45.7 cm³/mol. The molecule has 9 heavy (non-hydrogen) atoms. The van der Waals surface area contributed by atoms with Crippen molar-refractivity contribution < 1.29 is 0 Å². The quantitative estimate of drug-likeness (QED) is 0.494. The maximum atomic E-state index is 2.50. The second-order valence-corrected chi connectivity index (χ2v) is 7.07. The van der Waals surface area contributed by atoms with Crippen LogP contribution >= 0.6 is 0 Å². The molecule has 0 atom stereocenters. The first-order valence-electron chi connectivity index (χ1n) is 4.30. The lowest BCUT2D eigenvalue weighted by Gasteiger charge is -2.23. The van der Waals surface area contributed by atoms with Crippen LogP contribution in [-0.4, -0.2) is 8.80 Å². The Hall–Kier alpha value is 0.217. The average Bonchev–Trinajstić information content (AvgIpc) is 1.90. The summed E-state index contributed by atoms with van der Waals surface area (Å²) in [4.78, 5) is 0. The molecule has 0 aromatic heterocycles. The molecule has 1 aliphatic carbocycles. The highest BCUT2D eigenvalue weighted by atomic mass is 28.3. The van der Waals surface area contributed by atoms with Gasteiger partial charge in [0.25, 0.3) is 0 Å². The van der Waals surface area contributed by atoms with Crippen LogP contribution in [0.4, 0.5) is 0 Å². The van der Waals surface area contributed by atoms with E-state index >= 15 is 0 Å². The zero-order chi connectivity index (χ0) is 6.69. The zero-order valence-corrected chi connectivity index (χ0v) is 7.84. The third kappa shape index (κ3) is 2.13. The molecule has 0 aromatic carbocycles. The summed E-state index contributed by atoms with van der Waals surface area (Å²) < 4.78 is 0. The molecule has 0 saturated heterocycles. The standard InChI is InChI=1S/C8H18Si/c1-9(2)8-6-4-3-5-7-8/h8-9H,3-7H2,1-2H3. The maximum absolute atomic E-state index is 2.50. The van der Waals surface area contributed by atoms with Crippen LogP contribution in [0.15, 0.2) is 0 Å². The van der Waals surface area contributed by atoms with Crippen LogP contribution in [0.3, 0.4) is 0 Å². The summed E-state index contributed by atoms with van der Waals surface area (Å²) in [5.74, 6) is 0. The van der Waals surface area contributed by atoms with Crippen LogP contribution < -0.4 is 0 Å². The summed E-state index contributed by atoms with van der Waals surface area (Å²) in [5.41, 5.74) is 1.19. The molecule has 1 aliphatic rings. The minimum atomic E-state index is -0.252. The van der Waals surface area contributed by atoms with Crippen LogP contribution in [0, 0.1) is 0 Å². The predicted octanol–water partition coefficient (Wildman–Crippen LogP) is 2.81. The van der Waals surface area contributed by atoms with E-state index < -0.39 is 0 Å². The summed E-state index contributed by atoms with van der Waals surface area (Å²) in [5, 5.41) is 0. The Bertz CT molecular complexity index is 72.6.